The molecule has 2 unspecified atom stereocenters. The minimum absolute atomic E-state index is 0.0376. The van der Waals surface area contributed by atoms with Crippen LogP contribution in [-0.4, -0.2) is 19.0 Å². The van der Waals surface area contributed by atoms with Crippen LogP contribution >= 0.6 is 11.3 Å². The molecule has 0 saturated carbocycles. The number of nitrogens with one attached hydrogen (secondary N) is 2. The van der Waals surface area contributed by atoms with Gasteiger partial charge in [0.2, 0.25) is 5.91 Å². The van der Waals surface area contributed by atoms with Gasteiger partial charge in [-0.25, -0.2) is 0 Å². The highest BCUT2D eigenvalue weighted by Crippen LogP contribution is 2.40. The molecule has 4 nitrogen and oxygen atoms in total. The number of thiophene rings is 1. The topological polar surface area (TPSA) is 64.9 Å². The van der Waals surface area contributed by atoms with Crippen molar-refractivity contribution in [3.05, 3.63) is 16.0 Å². The summed E-state index contributed by atoms with van der Waals surface area (Å²) < 4.78 is 0. The zero-order valence-corrected chi connectivity index (χ0v) is 13.4. The SMILES string of the molecule is CC1CCc2c(sc(NC(=O)C3(C)CCNC3)c2C#N)C1. The lowest BCUT2D eigenvalue weighted by Gasteiger charge is -2.20. The van der Waals surface area contributed by atoms with Crippen molar-refractivity contribution in [2.45, 2.75) is 39.5 Å². The zero-order valence-electron chi connectivity index (χ0n) is 12.6. The number of nitriles is 1. The molecule has 0 bridgehead atoms. The molecule has 0 aromatic carbocycles. The number of carbonyl (C=O) groups is 1. The standard InChI is InChI=1S/C16H21N3OS/c1-10-3-4-11-12(8-17)14(21-13(11)7-10)19-15(20)16(2)5-6-18-9-16/h10,18H,3-7,9H2,1-2H3,(H,19,20). The number of nitrogens with zero attached hydrogens (tertiary/aromatic N) is 1. The van der Waals surface area contributed by atoms with Crippen molar-refractivity contribution >= 4 is 22.2 Å². The Bertz CT molecular complexity index is 608. The van der Waals surface area contributed by atoms with Crippen LogP contribution in [0.1, 0.15) is 42.7 Å². The molecule has 1 aliphatic heterocycles. The van der Waals surface area contributed by atoms with E-state index in [0.717, 1.165) is 37.2 Å². The van der Waals surface area contributed by atoms with Crippen LogP contribution in [-0.2, 0) is 17.6 Å². The second-order valence-corrected chi connectivity index (χ2v) is 7.71. The summed E-state index contributed by atoms with van der Waals surface area (Å²) in [4.78, 5) is 13.8. The normalized spacial score (nSPS) is 28.0. The lowest BCUT2D eigenvalue weighted by molar-refractivity contribution is -0.123. The summed E-state index contributed by atoms with van der Waals surface area (Å²) in [6.45, 7) is 5.83. The van der Waals surface area contributed by atoms with Crippen LogP contribution in [0.4, 0.5) is 5.00 Å². The van der Waals surface area contributed by atoms with Gasteiger partial charge in [-0.2, -0.15) is 5.26 Å². The van der Waals surface area contributed by atoms with E-state index < -0.39 is 0 Å². The lowest BCUT2D eigenvalue weighted by Crippen LogP contribution is -2.35. The van der Waals surface area contributed by atoms with Gasteiger partial charge in [0.05, 0.1) is 11.0 Å². The van der Waals surface area contributed by atoms with Gasteiger partial charge in [-0.05, 0) is 50.6 Å². The van der Waals surface area contributed by atoms with E-state index in [9.17, 15) is 10.1 Å². The third-order valence-electron chi connectivity index (χ3n) is 4.77. The molecule has 1 fully saturated rings. The second kappa shape index (κ2) is 5.43. The van der Waals surface area contributed by atoms with E-state index in [0.29, 0.717) is 18.0 Å². The number of fused-ring (bicyclic) bond motifs is 1. The first-order chi connectivity index (χ1) is 10.0. The molecule has 2 atom stereocenters. The second-order valence-electron chi connectivity index (χ2n) is 6.61. The molecular formula is C16H21N3OS. The highest BCUT2D eigenvalue weighted by molar-refractivity contribution is 7.16. The first kappa shape index (κ1) is 14.6. The van der Waals surface area contributed by atoms with Gasteiger partial charge in [0.25, 0.3) is 0 Å². The van der Waals surface area contributed by atoms with Crippen LogP contribution < -0.4 is 10.6 Å². The fraction of sp³-hybridized carbons (Fsp3) is 0.625. The van der Waals surface area contributed by atoms with E-state index in [4.69, 9.17) is 0 Å². The van der Waals surface area contributed by atoms with Crippen LogP contribution in [0.5, 0.6) is 0 Å². The number of hydrogen-bond donors (Lipinski definition) is 2. The van der Waals surface area contributed by atoms with Crippen molar-refractivity contribution < 1.29 is 4.79 Å². The van der Waals surface area contributed by atoms with Crippen molar-refractivity contribution in [3.8, 4) is 6.07 Å². The highest BCUT2D eigenvalue weighted by atomic mass is 32.1. The molecular weight excluding hydrogens is 282 g/mol. The fourth-order valence-electron chi connectivity index (χ4n) is 3.22. The average molecular weight is 303 g/mol. The first-order valence-corrected chi connectivity index (χ1v) is 8.42. The smallest absolute Gasteiger partial charge is 0.232 e. The summed E-state index contributed by atoms with van der Waals surface area (Å²) in [6, 6.07) is 2.31. The van der Waals surface area contributed by atoms with Gasteiger partial charge >= 0.3 is 0 Å². The summed E-state index contributed by atoms with van der Waals surface area (Å²) in [5.74, 6) is 0.707. The molecule has 1 aliphatic carbocycles. The Hall–Kier alpha value is -1.38. The van der Waals surface area contributed by atoms with Crippen LogP contribution in [0, 0.1) is 22.7 Å². The largest absolute Gasteiger partial charge is 0.316 e. The van der Waals surface area contributed by atoms with Gasteiger partial charge in [0.1, 0.15) is 11.1 Å². The van der Waals surface area contributed by atoms with Crippen molar-refractivity contribution in [3.63, 3.8) is 0 Å². The maximum Gasteiger partial charge on any atom is 0.232 e. The third kappa shape index (κ3) is 2.58. The van der Waals surface area contributed by atoms with Gasteiger partial charge in [-0.3, -0.25) is 4.79 Å². The summed E-state index contributed by atoms with van der Waals surface area (Å²) >= 11 is 1.60. The monoisotopic (exact) mass is 303 g/mol. The van der Waals surface area contributed by atoms with Crippen molar-refractivity contribution in [2.75, 3.05) is 18.4 Å². The van der Waals surface area contributed by atoms with E-state index in [2.05, 4.69) is 23.6 Å². The van der Waals surface area contributed by atoms with Crippen molar-refractivity contribution in [1.29, 1.82) is 5.26 Å². The molecule has 1 aromatic heterocycles. The molecule has 0 radical (unpaired) electrons. The molecule has 1 saturated heterocycles. The number of amides is 1. The minimum Gasteiger partial charge on any atom is -0.316 e. The van der Waals surface area contributed by atoms with Crippen LogP contribution in [0.25, 0.3) is 0 Å². The van der Waals surface area contributed by atoms with E-state index in [1.165, 1.54) is 10.4 Å². The molecule has 0 spiro atoms. The quantitative estimate of drug-likeness (QED) is 0.883. The van der Waals surface area contributed by atoms with Gasteiger partial charge < -0.3 is 10.6 Å². The number of anilines is 1. The first-order valence-electron chi connectivity index (χ1n) is 7.60. The molecule has 2 N–H and O–H groups in total. The summed E-state index contributed by atoms with van der Waals surface area (Å²) in [5.41, 5.74) is 1.51. The van der Waals surface area contributed by atoms with Gasteiger partial charge in [0, 0.05) is 11.4 Å². The van der Waals surface area contributed by atoms with Crippen LogP contribution in [0.2, 0.25) is 0 Å². The summed E-state index contributed by atoms with van der Waals surface area (Å²) in [6.07, 6.45) is 3.98. The number of rotatable bonds is 2. The summed E-state index contributed by atoms with van der Waals surface area (Å²) in [7, 11) is 0. The van der Waals surface area contributed by atoms with E-state index in [1.54, 1.807) is 11.3 Å². The number of carbonyl (C=O) groups excluding carboxylic acids is 1. The van der Waals surface area contributed by atoms with E-state index >= 15 is 0 Å². The predicted molar refractivity (Wildman–Crippen MR) is 84.4 cm³/mol. The van der Waals surface area contributed by atoms with Gasteiger partial charge in [-0.1, -0.05) is 6.92 Å². The zero-order chi connectivity index (χ0) is 15.0. The van der Waals surface area contributed by atoms with Gasteiger partial charge in [0.15, 0.2) is 0 Å². The fourth-order valence-corrected chi connectivity index (χ4v) is 4.58. The Kier molecular flexibility index (Phi) is 3.76. The Labute approximate surface area is 129 Å². The Morgan fingerprint density at radius 1 is 1.57 bits per heavy atom. The average Bonchev–Trinajstić information content (AvgIpc) is 3.02. The molecule has 1 amide bonds. The van der Waals surface area contributed by atoms with E-state index in [1.807, 2.05) is 6.92 Å². The Balaban J connectivity index is 1.86. The number of hydrogen-bond acceptors (Lipinski definition) is 4. The molecule has 1 aromatic rings. The Morgan fingerprint density at radius 3 is 3.05 bits per heavy atom. The van der Waals surface area contributed by atoms with Crippen LogP contribution in [0.15, 0.2) is 0 Å². The predicted octanol–water partition coefficient (Wildman–Crippen LogP) is 2.68. The van der Waals surface area contributed by atoms with Crippen LogP contribution in [0.3, 0.4) is 0 Å². The maximum atomic E-state index is 12.5. The van der Waals surface area contributed by atoms with Crippen molar-refractivity contribution in [2.24, 2.45) is 11.3 Å². The highest BCUT2D eigenvalue weighted by Gasteiger charge is 2.37. The third-order valence-corrected chi connectivity index (χ3v) is 5.94. The van der Waals surface area contributed by atoms with Crippen molar-refractivity contribution in [1.82, 2.24) is 5.32 Å². The van der Waals surface area contributed by atoms with E-state index in [-0.39, 0.29) is 11.3 Å². The molecule has 2 aliphatic rings. The molecule has 2 heterocycles. The molecule has 5 heteroatoms. The maximum absolute atomic E-state index is 12.5. The van der Waals surface area contributed by atoms with Gasteiger partial charge in [-0.15, -0.1) is 11.3 Å². The molecule has 21 heavy (non-hydrogen) atoms. The minimum atomic E-state index is -0.357. The summed E-state index contributed by atoms with van der Waals surface area (Å²) in [5, 5.41) is 16.5. The molecule has 112 valence electrons. The molecule has 3 rings (SSSR count). The Morgan fingerprint density at radius 2 is 2.38 bits per heavy atom. The lowest BCUT2D eigenvalue weighted by atomic mass is 9.88.